The van der Waals surface area contributed by atoms with Crippen LogP contribution in [0.25, 0.3) is 0 Å². The highest BCUT2D eigenvalue weighted by atomic mass is 16.5. The molecule has 3 unspecified atom stereocenters. The number of para-hydroxylation sites is 1. The van der Waals surface area contributed by atoms with Gasteiger partial charge in [-0.3, -0.25) is 4.79 Å². The summed E-state index contributed by atoms with van der Waals surface area (Å²) in [5.41, 5.74) is 7.32. The molecule has 124 valence electrons. The van der Waals surface area contributed by atoms with Crippen molar-refractivity contribution in [3.05, 3.63) is 29.8 Å². The molecule has 3 N–H and O–H groups in total. The molecular formula is C19H26N2O2. The van der Waals surface area contributed by atoms with E-state index in [0.717, 1.165) is 30.6 Å². The lowest BCUT2D eigenvalue weighted by atomic mass is 9.67. The number of nitrogens with one attached hydrogen (secondary N) is 1. The average Bonchev–Trinajstić information content (AvgIpc) is 2.55. The van der Waals surface area contributed by atoms with E-state index in [9.17, 15) is 4.79 Å². The molecule has 2 bridgehead atoms. The molecule has 1 aromatic carbocycles. The first kappa shape index (κ1) is 15.0. The number of fused-ring (bicyclic) bond motifs is 3. The van der Waals surface area contributed by atoms with E-state index in [0.29, 0.717) is 30.5 Å². The predicted molar refractivity (Wildman–Crippen MR) is 89.1 cm³/mol. The van der Waals surface area contributed by atoms with Crippen molar-refractivity contribution in [2.45, 2.75) is 50.6 Å². The first-order valence-electron chi connectivity index (χ1n) is 8.97. The van der Waals surface area contributed by atoms with Gasteiger partial charge in [-0.1, -0.05) is 24.6 Å². The number of rotatable bonds is 2. The van der Waals surface area contributed by atoms with Crippen molar-refractivity contribution in [3.63, 3.8) is 0 Å². The fraction of sp³-hybridized carbons (Fsp3) is 0.632. The van der Waals surface area contributed by atoms with E-state index in [1.807, 2.05) is 18.2 Å². The summed E-state index contributed by atoms with van der Waals surface area (Å²) in [7, 11) is 0. The number of benzene rings is 1. The second kappa shape index (κ2) is 6.16. The second-order valence-corrected chi connectivity index (χ2v) is 7.54. The Hall–Kier alpha value is -1.55. The monoisotopic (exact) mass is 314 g/mol. The molecule has 1 amide bonds. The normalized spacial score (nSPS) is 35.8. The van der Waals surface area contributed by atoms with Gasteiger partial charge in [-0.25, -0.2) is 0 Å². The van der Waals surface area contributed by atoms with Gasteiger partial charge in [0.1, 0.15) is 12.4 Å². The van der Waals surface area contributed by atoms with Crippen molar-refractivity contribution < 1.29 is 9.53 Å². The zero-order chi connectivity index (χ0) is 15.8. The topological polar surface area (TPSA) is 64.3 Å². The summed E-state index contributed by atoms with van der Waals surface area (Å²) < 4.78 is 5.78. The Balaban J connectivity index is 1.42. The van der Waals surface area contributed by atoms with E-state index >= 15 is 0 Å². The maximum atomic E-state index is 12.8. The minimum absolute atomic E-state index is 0.0683. The lowest BCUT2D eigenvalue weighted by Crippen LogP contribution is -2.55. The van der Waals surface area contributed by atoms with Crippen LogP contribution in [0.2, 0.25) is 0 Å². The Morgan fingerprint density at radius 2 is 1.91 bits per heavy atom. The minimum atomic E-state index is -0.0683. The number of nitrogens with two attached hydrogens (primary N) is 1. The fourth-order valence-corrected chi connectivity index (χ4v) is 4.80. The van der Waals surface area contributed by atoms with E-state index in [-0.39, 0.29) is 11.8 Å². The van der Waals surface area contributed by atoms with Gasteiger partial charge in [-0.15, -0.1) is 0 Å². The number of amides is 1. The molecule has 23 heavy (non-hydrogen) atoms. The first-order valence-corrected chi connectivity index (χ1v) is 8.97. The zero-order valence-corrected chi connectivity index (χ0v) is 13.5. The van der Waals surface area contributed by atoms with Gasteiger partial charge in [0.2, 0.25) is 5.91 Å². The molecule has 4 nitrogen and oxygen atoms in total. The number of hydrogen-bond donors (Lipinski definition) is 2. The van der Waals surface area contributed by atoms with Crippen molar-refractivity contribution >= 4 is 5.91 Å². The van der Waals surface area contributed by atoms with E-state index in [2.05, 4.69) is 11.4 Å². The Kier molecular flexibility index (Phi) is 4.02. The van der Waals surface area contributed by atoms with Crippen LogP contribution in [0.15, 0.2) is 24.3 Å². The molecule has 0 aromatic heterocycles. The van der Waals surface area contributed by atoms with E-state index in [4.69, 9.17) is 10.5 Å². The highest BCUT2D eigenvalue weighted by Gasteiger charge is 2.41. The molecule has 1 aliphatic heterocycles. The van der Waals surface area contributed by atoms with Crippen LogP contribution in [0.3, 0.4) is 0 Å². The molecule has 3 atom stereocenters. The summed E-state index contributed by atoms with van der Waals surface area (Å²) in [4.78, 5) is 12.8. The average molecular weight is 314 g/mol. The van der Waals surface area contributed by atoms with Crippen LogP contribution in [-0.2, 0) is 11.2 Å². The molecule has 2 saturated carbocycles. The molecule has 4 heteroatoms. The van der Waals surface area contributed by atoms with Gasteiger partial charge in [-0.2, -0.15) is 0 Å². The van der Waals surface area contributed by atoms with Gasteiger partial charge in [0.15, 0.2) is 0 Å². The Labute approximate surface area is 137 Å². The third-order valence-electron chi connectivity index (χ3n) is 5.94. The molecule has 0 saturated heterocycles. The molecule has 0 spiro atoms. The highest BCUT2D eigenvalue weighted by Crippen LogP contribution is 2.40. The molecule has 1 heterocycles. The van der Waals surface area contributed by atoms with Gasteiger partial charge in [0, 0.05) is 12.1 Å². The van der Waals surface area contributed by atoms with Crippen molar-refractivity contribution in [1.82, 2.24) is 5.32 Å². The van der Waals surface area contributed by atoms with Gasteiger partial charge >= 0.3 is 0 Å². The van der Waals surface area contributed by atoms with Crippen LogP contribution in [-0.4, -0.2) is 24.6 Å². The van der Waals surface area contributed by atoms with E-state index in [1.54, 1.807) is 0 Å². The SMILES string of the molecule is NC1CC2CCCC(C1)C2NC(=O)C1COc2ccccc2C1. The summed E-state index contributed by atoms with van der Waals surface area (Å²) >= 11 is 0. The molecule has 2 aliphatic carbocycles. The van der Waals surface area contributed by atoms with Crippen LogP contribution in [0.4, 0.5) is 0 Å². The van der Waals surface area contributed by atoms with Crippen molar-refractivity contribution in [1.29, 1.82) is 0 Å². The maximum Gasteiger partial charge on any atom is 0.227 e. The highest BCUT2D eigenvalue weighted by molar-refractivity contribution is 5.80. The second-order valence-electron chi connectivity index (χ2n) is 7.54. The molecule has 4 rings (SSSR count). The Bertz CT molecular complexity index is 574. The summed E-state index contributed by atoms with van der Waals surface area (Å²) in [5.74, 6) is 2.16. The molecule has 2 fully saturated rings. The van der Waals surface area contributed by atoms with Crippen molar-refractivity contribution in [2.75, 3.05) is 6.61 Å². The number of carbonyl (C=O) groups excluding carboxylic acids is 1. The quantitative estimate of drug-likeness (QED) is 0.880. The van der Waals surface area contributed by atoms with Crippen LogP contribution in [0, 0.1) is 17.8 Å². The fourth-order valence-electron chi connectivity index (χ4n) is 4.80. The van der Waals surface area contributed by atoms with Gasteiger partial charge in [0.05, 0.1) is 5.92 Å². The largest absolute Gasteiger partial charge is 0.492 e. The Morgan fingerprint density at radius 1 is 1.17 bits per heavy atom. The molecule has 3 aliphatic rings. The smallest absolute Gasteiger partial charge is 0.227 e. The predicted octanol–water partition coefficient (Wildman–Crippen LogP) is 2.26. The van der Waals surface area contributed by atoms with Crippen LogP contribution >= 0.6 is 0 Å². The Morgan fingerprint density at radius 3 is 2.70 bits per heavy atom. The van der Waals surface area contributed by atoms with Crippen molar-refractivity contribution in [3.8, 4) is 5.75 Å². The lowest BCUT2D eigenvalue weighted by molar-refractivity contribution is -0.128. The maximum absolute atomic E-state index is 12.8. The lowest BCUT2D eigenvalue weighted by Gasteiger charge is -2.45. The summed E-state index contributed by atoms with van der Waals surface area (Å²) in [6.45, 7) is 0.490. The number of hydrogen-bond acceptors (Lipinski definition) is 3. The third-order valence-corrected chi connectivity index (χ3v) is 5.94. The summed E-state index contributed by atoms with van der Waals surface area (Å²) in [5, 5.41) is 3.37. The van der Waals surface area contributed by atoms with Crippen molar-refractivity contribution in [2.24, 2.45) is 23.5 Å². The van der Waals surface area contributed by atoms with Gasteiger partial charge in [0.25, 0.3) is 0 Å². The van der Waals surface area contributed by atoms with E-state index < -0.39 is 0 Å². The number of ether oxygens (including phenoxy) is 1. The summed E-state index contributed by atoms with van der Waals surface area (Å²) in [6.07, 6.45) is 6.60. The van der Waals surface area contributed by atoms with Gasteiger partial charge < -0.3 is 15.8 Å². The standard InChI is InChI=1S/C19H26N2O2/c20-16-9-13-5-3-6-14(10-16)18(13)21-19(22)15-8-12-4-1-2-7-17(12)23-11-15/h1-2,4,7,13-16,18H,3,5-6,8-11,20H2,(H,21,22). The van der Waals surface area contributed by atoms with Crippen LogP contribution < -0.4 is 15.8 Å². The molecule has 0 radical (unpaired) electrons. The van der Waals surface area contributed by atoms with Crippen LogP contribution in [0.1, 0.15) is 37.7 Å². The minimum Gasteiger partial charge on any atom is -0.492 e. The summed E-state index contributed by atoms with van der Waals surface area (Å²) in [6, 6.07) is 8.68. The third kappa shape index (κ3) is 2.97. The van der Waals surface area contributed by atoms with Gasteiger partial charge in [-0.05, 0) is 55.6 Å². The van der Waals surface area contributed by atoms with E-state index in [1.165, 1.54) is 19.3 Å². The molecule has 1 aromatic rings. The zero-order valence-electron chi connectivity index (χ0n) is 13.5. The van der Waals surface area contributed by atoms with Crippen LogP contribution in [0.5, 0.6) is 5.75 Å². The number of carbonyl (C=O) groups is 1. The first-order chi connectivity index (χ1) is 11.2. The molecular weight excluding hydrogens is 288 g/mol.